The summed E-state index contributed by atoms with van der Waals surface area (Å²) in [6.45, 7) is 10.00. The Morgan fingerprint density at radius 2 is 1.53 bits per heavy atom. The molecule has 0 bridgehead atoms. The first-order valence-corrected chi connectivity index (χ1v) is 19.6. The van der Waals surface area contributed by atoms with Crippen LogP contribution >= 0.6 is 7.60 Å². The number of nitrogens with zero attached hydrogens (tertiary/aromatic N) is 5. The third kappa shape index (κ3) is 9.43. The van der Waals surface area contributed by atoms with Crippen LogP contribution in [0.2, 0.25) is 0 Å². The molecule has 1 aliphatic carbocycles. The van der Waals surface area contributed by atoms with E-state index in [-0.39, 0.29) is 68.8 Å². The molecule has 5 rings (SSSR count). The van der Waals surface area contributed by atoms with Gasteiger partial charge in [0, 0.05) is 50.9 Å². The first-order chi connectivity index (χ1) is 24.6. The molecule has 0 spiro atoms. The van der Waals surface area contributed by atoms with Crippen molar-refractivity contribution < 1.29 is 42.3 Å². The summed E-state index contributed by atoms with van der Waals surface area (Å²) in [6, 6.07) is 9.52. The lowest BCUT2D eigenvalue weighted by Crippen LogP contribution is -2.57. The SMILES string of the molecule is CCCCOC(=O)N1CCN(C(=O)[C@H](CP(=O)(OCC)OCC)NC(=O)c2cc(N3C[C@@H]4C(C(=O)OCC)[C@@H]4C3)nc(-c3ccccc3)n2)CC1. The fourth-order valence-corrected chi connectivity index (χ4v) is 8.40. The van der Waals surface area contributed by atoms with E-state index >= 15 is 0 Å². The zero-order chi connectivity index (χ0) is 36.5. The van der Waals surface area contributed by atoms with Crippen molar-refractivity contribution in [1.82, 2.24) is 25.1 Å². The van der Waals surface area contributed by atoms with Crippen molar-refractivity contribution in [1.29, 1.82) is 0 Å². The van der Waals surface area contributed by atoms with E-state index in [9.17, 15) is 23.7 Å². The number of anilines is 1. The zero-order valence-corrected chi connectivity index (χ0v) is 30.7. The van der Waals surface area contributed by atoms with Crippen molar-refractivity contribution in [3.05, 3.63) is 42.1 Å². The van der Waals surface area contributed by atoms with Crippen LogP contribution in [-0.4, -0.2) is 122 Å². The van der Waals surface area contributed by atoms with Gasteiger partial charge in [0.15, 0.2) is 5.82 Å². The Balaban J connectivity index is 1.37. The van der Waals surface area contributed by atoms with Gasteiger partial charge in [-0.05, 0) is 39.0 Å². The second-order valence-electron chi connectivity index (χ2n) is 12.7. The first kappa shape index (κ1) is 38.2. The first-order valence-electron chi connectivity index (χ1n) is 17.9. The average molecular weight is 729 g/mol. The smallest absolute Gasteiger partial charge is 0.409 e. The third-order valence-corrected chi connectivity index (χ3v) is 11.4. The van der Waals surface area contributed by atoms with Crippen LogP contribution < -0.4 is 10.2 Å². The molecule has 15 nitrogen and oxygen atoms in total. The predicted molar refractivity (Wildman–Crippen MR) is 188 cm³/mol. The highest BCUT2D eigenvalue weighted by molar-refractivity contribution is 7.54. The van der Waals surface area contributed by atoms with Gasteiger partial charge in [-0.3, -0.25) is 18.9 Å². The lowest BCUT2D eigenvalue weighted by atomic mass is 10.2. The molecule has 278 valence electrons. The number of benzene rings is 1. The fraction of sp³-hybridized carbons (Fsp3) is 0.600. The third-order valence-electron chi connectivity index (χ3n) is 9.29. The lowest BCUT2D eigenvalue weighted by molar-refractivity contribution is -0.145. The number of fused-ring (bicyclic) bond motifs is 1. The molecule has 51 heavy (non-hydrogen) atoms. The summed E-state index contributed by atoms with van der Waals surface area (Å²) >= 11 is 0. The number of hydrogen-bond donors (Lipinski definition) is 1. The van der Waals surface area contributed by atoms with Gasteiger partial charge >= 0.3 is 19.7 Å². The molecule has 3 fully saturated rings. The maximum absolute atomic E-state index is 14.1. The molecule has 3 aliphatic rings. The second kappa shape index (κ2) is 17.4. The normalized spacial score (nSPS) is 20.4. The quantitative estimate of drug-likeness (QED) is 0.151. The van der Waals surface area contributed by atoms with Gasteiger partial charge in [0.1, 0.15) is 17.6 Å². The minimum atomic E-state index is -3.80. The molecule has 2 aromatic rings. The van der Waals surface area contributed by atoms with Gasteiger partial charge in [-0.2, -0.15) is 0 Å². The van der Waals surface area contributed by atoms with E-state index in [0.29, 0.717) is 43.5 Å². The summed E-state index contributed by atoms with van der Waals surface area (Å²) in [6.07, 6.45) is 0.836. The van der Waals surface area contributed by atoms with Crippen LogP contribution in [0.4, 0.5) is 10.6 Å². The molecule has 2 aliphatic heterocycles. The van der Waals surface area contributed by atoms with Crippen LogP contribution in [0.15, 0.2) is 36.4 Å². The van der Waals surface area contributed by atoms with Crippen LogP contribution in [-0.2, 0) is 32.7 Å². The number of rotatable bonds is 16. The number of esters is 1. The maximum Gasteiger partial charge on any atom is 0.409 e. The van der Waals surface area contributed by atoms with Crippen molar-refractivity contribution in [3.8, 4) is 11.4 Å². The molecule has 1 aromatic heterocycles. The average Bonchev–Trinajstić information content (AvgIpc) is 3.64. The highest BCUT2D eigenvalue weighted by Crippen LogP contribution is 2.53. The van der Waals surface area contributed by atoms with Crippen molar-refractivity contribution in [2.75, 3.05) is 76.8 Å². The predicted octanol–water partition coefficient (Wildman–Crippen LogP) is 3.83. The Morgan fingerprint density at radius 1 is 0.882 bits per heavy atom. The van der Waals surface area contributed by atoms with Gasteiger partial charge in [0.05, 0.1) is 38.5 Å². The molecule has 16 heteroatoms. The summed E-state index contributed by atoms with van der Waals surface area (Å²) in [5, 5.41) is 2.78. The standard InChI is InChI=1S/C35H49N6O9P/c1-5-9-19-48-35(45)40-17-15-39(16-18-40)33(43)28(23-51(46,49-7-3)50-8-4)37-32(42)27-20-29(38-31(36-27)24-13-11-10-12-14-24)41-21-25-26(22-41)30(25)34(44)47-6-2/h10-14,20,25-26,28,30H,5-9,15-19,21-23H2,1-4H3,(H,37,42)/t25-,26+,28-,30?/m0/s1. The van der Waals surface area contributed by atoms with Gasteiger partial charge in [-0.25, -0.2) is 14.8 Å². The highest BCUT2D eigenvalue weighted by atomic mass is 31.2. The Labute approximate surface area is 298 Å². The molecule has 1 aromatic carbocycles. The number of piperazine rings is 1. The minimum Gasteiger partial charge on any atom is -0.466 e. The van der Waals surface area contributed by atoms with Crippen molar-refractivity contribution in [3.63, 3.8) is 0 Å². The van der Waals surface area contributed by atoms with Crippen molar-refractivity contribution in [2.45, 2.75) is 46.6 Å². The highest BCUT2D eigenvalue weighted by Gasteiger charge is 2.60. The Morgan fingerprint density at radius 3 is 2.14 bits per heavy atom. The van der Waals surface area contributed by atoms with Crippen LogP contribution in [0.25, 0.3) is 11.4 Å². The van der Waals surface area contributed by atoms with E-state index in [0.717, 1.165) is 12.8 Å². The van der Waals surface area contributed by atoms with E-state index in [1.165, 1.54) is 4.90 Å². The number of ether oxygens (including phenoxy) is 2. The van der Waals surface area contributed by atoms with Gasteiger partial charge in [0.2, 0.25) is 5.91 Å². The number of carbonyl (C=O) groups excluding carboxylic acids is 4. The van der Waals surface area contributed by atoms with Gasteiger partial charge in [-0.15, -0.1) is 0 Å². The van der Waals surface area contributed by atoms with Crippen molar-refractivity contribution in [2.24, 2.45) is 17.8 Å². The number of carbonyl (C=O) groups is 4. The Hall–Kier alpha value is -4.07. The summed E-state index contributed by atoms with van der Waals surface area (Å²) in [5.74, 6) is -0.342. The van der Waals surface area contributed by atoms with E-state index in [4.69, 9.17) is 23.5 Å². The fourth-order valence-electron chi connectivity index (χ4n) is 6.63. The minimum absolute atomic E-state index is 0.0152. The number of piperidine rings is 1. The molecular formula is C35H49N6O9P. The summed E-state index contributed by atoms with van der Waals surface area (Å²) < 4.78 is 35.3. The largest absolute Gasteiger partial charge is 0.466 e. The number of aromatic nitrogens is 2. The zero-order valence-electron chi connectivity index (χ0n) is 29.8. The molecule has 3 heterocycles. The van der Waals surface area contributed by atoms with Gasteiger partial charge in [0.25, 0.3) is 5.91 Å². The Bertz CT molecular complexity index is 1570. The van der Waals surface area contributed by atoms with E-state index < -0.39 is 37.7 Å². The maximum atomic E-state index is 14.1. The summed E-state index contributed by atoms with van der Waals surface area (Å²) in [7, 11) is -3.80. The molecule has 1 N–H and O–H groups in total. The number of amides is 3. The molecule has 4 atom stereocenters. The van der Waals surface area contributed by atoms with Gasteiger partial charge < -0.3 is 38.5 Å². The molecule has 3 amide bonds. The monoisotopic (exact) mass is 728 g/mol. The van der Waals surface area contributed by atoms with Crippen LogP contribution in [0, 0.1) is 17.8 Å². The molecular weight excluding hydrogens is 679 g/mol. The van der Waals surface area contributed by atoms with E-state index in [1.807, 2.05) is 42.2 Å². The summed E-state index contributed by atoms with van der Waals surface area (Å²) in [5.41, 5.74) is 0.708. The van der Waals surface area contributed by atoms with Crippen molar-refractivity contribution >= 4 is 37.3 Å². The van der Waals surface area contributed by atoms with Gasteiger partial charge in [-0.1, -0.05) is 43.7 Å². The van der Waals surface area contributed by atoms with Crippen LogP contribution in [0.5, 0.6) is 0 Å². The molecule has 1 unspecified atom stereocenters. The lowest BCUT2D eigenvalue weighted by Gasteiger charge is -2.36. The number of hydrogen-bond acceptors (Lipinski definition) is 12. The molecule has 1 saturated carbocycles. The summed E-state index contributed by atoms with van der Waals surface area (Å²) in [4.78, 5) is 67.5. The topological polar surface area (TPSA) is 170 Å². The van der Waals surface area contributed by atoms with E-state index in [1.54, 1.807) is 31.7 Å². The second-order valence-corrected chi connectivity index (χ2v) is 14.9. The van der Waals surface area contributed by atoms with Crippen LogP contribution in [0.1, 0.15) is 51.0 Å². The van der Waals surface area contributed by atoms with E-state index in [2.05, 4.69) is 10.3 Å². The number of unbranched alkanes of at least 4 members (excludes halogenated alkanes) is 1. The molecule has 2 saturated heterocycles. The molecule has 0 radical (unpaired) electrons. The Kier molecular flexibility index (Phi) is 13.0. The van der Waals surface area contributed by atoms with Crippen LogP contribution in [0.3, 0.4) is 0 Å². The number of nitrogens with one attached hydrogen (secondary N) is 1.